The van der Waals surface area contributed by atoms with Crippen molar-refractivity contribution in [2.75, 3.05) is 0 Å². The summed E-state index contributed by atoms with van der Waals surface area (Å²) in [6.07, 6.45) is 2.80. The van der Waals surface area contributed by atoms with E-state index in [0.29, 0.717) is 5.56 Å². The summed E-state index contributed by atoms with van der Waals surface area (Å²) < 4.78 is 22.2. The molecule has 1 amide bonds. The third-order valence-electron chi connectivity index (χ3n) is 2.91. The van der Waals surface area contributed by atoms with E-state index >= 15 is 0 Å². The van der Waals surface area contributed by atoms with Crippen LogP contribution in [0.3, 0.4) is 0 Å². The lowest BCUT2D eigenvalue weighted by molar-refractivity contribution is 0.0933. The van der Waals surface area contributed by atoms with Gasteiger partial charge in [-0.2, -0.15) is 0 Å². The fraction of sp³-hybridized carbons (Fsp3) is 0.462. The lowest BCUT2D eigenvalue weighted by Gasteiger charge is -2.16. The van der Waals surface area contributed by atoms with Crippen molar-refractivity contribution in [2.24, 2.45) is 5.14 Å². The number of hydrogen-bond donors (Lipinski definition) is 2. The Morgan fingerprint density at radius 2 is 1.84 bits per heavy atom. The summed E-state index contributed by atoms with van der Waals surface area (Å²) in [6.45, 7) is 4.08. The Hall–Kier alpha value is -1.40. The zero-order chi connectivity index (χ0) is 14.5. The zero-order valence-electron chi connectivity index (χ0n) is 11.2. The Bertz CT molecular complexity index is 523. The Morgan fingerprint density at radius 1 is 1.26 bits per heavy atom. The summed E-state index contributed by atoms with van der Waals surface area (Å²) >= 11 is 0. The molecular weight excluding hydrogens is 264 g/mol. The van der Waals surface area contributed by atoms with Crippen LogP contribution in [0.25, 0.3) is 0 Å². The highest BCUT2D eigenvalue weighted by molar-refractivity contribution is 7.89. The Labute approximate surface area is 114 Å². The van der Waals surface area contributed by atoms with Gasteiger partial charge in [-0.3, -0.25) is 4.79 Å². The molecule has 0 aliphatic heterocycles. The van der Waals surface area contributed by atoms with E-state index < -0.39 is 10.0 Å². The van der Waals surface area contributed by atoms with Crippen LogP contribution < -0.4 is 10.5 Å². The summed E-state index contributed by atoms with van der Waals surface area (Å²) in [6, 6.07) is 5.76. The zero-order valence-corrected chi connectivity index (χ0v) is 12.0. The smallest absolute Gasteiger partial charge is 0.251 e. The van der Waals surface area contributed by atoms with Crippen molar-refractivity contribution in [3.05, 3.63) is 29.8 Å². The van der Waals surface area contributed by atoms with E-state index in [1.165, 1.54) is 24.3 Å². The summed E-state index contributed by atoms with van der Waals surface area (Å²) in [5.41, 5.74) is 0.432. The molecule has 1 atom stereocenters. The molecule has 1 aromatic carbocycles. The summed E-state index contributed by atoms with van der Waals surface area (Å²) in [4.78, 5) is 12.0. The molecule has 19 heavy (non-hydrogen) atoms. The second kappa shape index (κ2) is 6.68. The third-order valence-corrected chi connectivity index (χ3v) is 3.84. The normalized spacial score (nSPS) is 13.0. The summed E-state index contributed by atoms with van der Waals surface area (Å²) in [7, 11) is -3.71. The predicted molar refractivity (Wildman–Crippen MR) is 74.3 cm³/mol. The molecule has 1 unspecified atom stereocenters. The van der Waals surface area contributed by atoms with Gasteiger partial charge in [0, 0.05) is 11.6 Å². The van der Waals surface area contributed by atoms with Crippen LogP contribution in [0.1, 0.15) is 43.5 Å². The highest BCUT2D eigenvalue weighted by Gasteiger charge is 2.13. The van der Waals surface area contributed by atoms with Crippen LogP contribution >= 0.6 is 0 Å². The topological polar surface area (TPSA) is 89.3 Å². The van der Waals surface area contributed by atoms with Crippen molar-refractivity contribution in [3.63, 3.8) is 0 Å². The van der Waals surface area contributed by atoms with Crippen LogP contribution in [0.4, 0.5) is 0 Å². The van der Waals surface area contributed by atoms with E-state index in [1.54, 1.807) is 0 Å². The first-order chi connectivity index (χ1) is 8.88. The monoisotopic (exact) mass is 284 g/mol. The van der Waals surface area contributed by atoms with Gasteiger partial charge in [-0.05, 0) is 37.1 Å². The van der Waals surface area contributed by atoms with Crippen LogP contribution in [0.15, 0.2) is 29.2 Å². The highest BCUT2D eigenvalue weighted by atomic mass is 32.2. The number of hydrogen-bond acceptors (Lipinski definition) is 3. The van der Waals surface area contributed by atoms with Gasteiger partial charge in [0.15, 0.2) is 0 Å². The van der Waals surface area contributed by atoms with Crippen molar-refractivity contribution in [1.82, 2.24) is 5.32 Å². The first-order valence-electron chi connectivity index (χ1n) is 6.32. The molecular formula is C13H20N2O3S. The van der Waals surface area contributed by atoms with Crippen LogP contribution in [0.5, 0.6) is 0 Å². The highest BCUT2D eigenvalue weighted by Crippen LogP contribution is 2.10. The maximum atomic E-state index is 12.0. The molecule has 5 nitrogen and oxygen atoms in total. The molecule has 0 saturated heterocycles. The van der Waals surface area contributed by atoms with Gasteiger partial charge in [-0.1, -0.05) is 20.3 Å². The first kappa shape index (κ1) is 15.7. The Morgan fingerprint density at radius 3 is 2.26 bits per heavy atom. The Balaban J connectivity index is 2.78. The molecule has 0 aliphatic carbocycles. The standard InChI is InChI=1S/C13H20N2O3S/c1-3-5-11(4-2)15-13(16)10-6-8-12(9-7-10)19(14,17)18/h6-9,11H,3-5H2,1-2H3,(H,15,16)(H2,14,17,18). The number of nitrogens with two attached hydrogens (primary N) is 1. The van der Waals surface area contributed by atoms with E-state index in [1.807, 2.05) is 6.92 Å². The lowest BCUT2D eigenvalue weighted by Crippen LogP contribution is -2.34. The molecule has 1 rings (SSSR count). The minimum Gasteiger partial charge on any atom is -0.349 e. The fourth-order valence-electron chi connectivity index (χ4n) is 1.79. The van der Waals surface area contributed by atoms with Gasteiger partial charge in [0.2, 0.25) is 10.0 Å². The summed E-state index contributed by atoms with van der Waals surface area (Å²) in [5.74, 6) is -0.193. The molecule has 0 aliphatic rings. The average molecular weight is 284 g/mol. The van der Waals surface area contributed by atoms with Gasteiger partial charge < -0.3 is 5.32 Å². The maximum absolute atomic E-state index is 12.0. The third kappa shape index (κ3) is 4.65. The van der Waals surface area contributed by atoms with E-state index in [-0.39, 0.29) is 16.8 Å². The van der Waals surface area contributed by atoms with Gasteiger partial charge in [0.05, 0.1) is 4.90 Å². The van der Waals surface area contributed by atoms with Crippen molar-refractivity contribution in [2.45, 2.75) is 44.0 Å². The molecule has 0 radical (unpaired) electrons. The van der Waals surface area contributed by atoms with Crippen molar-refractivity contribution in [3.8, 4) is 0 Å². The second-order valence-corrected chi connectivity index (χ2v) is 6.00. The molecule has 0 fully saturated rings. The Kier molecular flexibility index (Phi) is 5.50. The van der Waals surface area contributed by atoms with Gasteiger partial charge in [-0.25, -0.2) is 13.6 Å². The SMILES string of the molecule is CCCC(CC)NC(=O)c1ccc(S(N)(=O)=O)cc1. The number of primary sulfonamides is 1. The molecule has 6 heteroatoms. The first-order valence-corrected chi connectivity index (χ1v) is 7.86. The molecule has 106 valence electrons. The van der Waals surface area contributed by atoms with Crippen LogP contribution in [0.2, 0.25) is 0 Å². The van der Waals surface area contributed by atoms with E-state index in [0.717, 1.165) is 19.3 Å². The number of benzene rings is 1. The maximum Gasteiger partial charge on any atom is 0.251 e. The van der Waals surface area contributed by atoms with E-state index in [4.69, 9.17) is 5.14 Å². The van der Waals surface area contributed by atoms with Crippen LogP contribution in [0, 0.1) is 0 Å². The number of sulfonamides is 1. The number of amides is 1. The molecule has 1 aromatic rings. The van der Waals surface area contributed by atoms with Crippen molar-refractivity contribution >= 4 is 15.9 Å². The van der Waals surface area contributed by atoms with Crippen LogP contribution in [-0.2, 0) is 10.0 Å². The fourth-order valence-corrected chi connectivity index (χ4v) is 2.31. The van der Waals surface area contributed by atoms with Gasteiger partial charge in [0.25, 0.3) is 5.91 Å². The van der Waals surface area contributed by atoms with Crippen molar-refractivity contribution in [1.29, 1.82) is 0 Å². The van der Waals surface area contributed by atoms with Crippen LogP contribution in [-0.4, -0.2) is 20.4 Å². The average Bonchev–Trinajstić information content (AvgIpc) is 2.37. The number of nitrogens with one attached hydrogen (secondary N) is 1. The van der Waals surface area contributed by atoms with Gasteiger partial charge >= 0.3 is 0 Å². The minimum atomic E-state index is -3.71. The number of carbonyl (C=O) groups is 1. The second-order valence-electron chi connectivity index (χ2n) is 4.44. The molecule has 0 bridgehead atoms. The van der Waals surface area contributed by atoms with Gasteiger partial charge in [-0.15, -0.1) is 0 Å². The molecule has 0 heterocycles. The number of carbonyl (C=O) groups excluding carboxylic acids is 1. The molecule has 0 spiro atoms. The quantitative estimate of drug-likeness (QED) is 0.832. The minimum absolute atomic E-state index is 0.00431. The predicted octanol–water partition coefficient (Wildman–Crippen LogP) is 1.64. The van der Waals surface area contributed by atoms with E-state index in [2.05, 4.69) is 12.2 Å². The molecule has 0 saturated carbocycles. The van der Waals surface area contributed by atoms with Gasteiger partial charge in [0.1, 0.15) is 0 Å². The summed E-state index contributed by atoms with van der Waals surface area (Å²) in [5, 5.41) is 7.92. The largest absolute Gasteiger partial charge is 0.349 e. The lowest BCUT2D eigenvalue weighted by atomic mass is 10.1. The van der Waals surface area contributed by atoms with E-state index in [9.17, 15) is 13.2 Å². The van der Waals surface area contributed by atoms with Crippen molar-refractivity contribution < 1.29 is 13.2 Å². The molecule has 3 N–H and O–H groups in total. The molecule has 0 aromatic heterocycles. The number of rotatable bonds is 6.